The van der Waals surface area contributed by atoms with E-state index in [-0.39, 0.29) is 12.3 Å². The predicted octanol–water partition coefficient (Wildman–Crippen LogP) is 3.05. The van der Waals surface area contributed by atoms with Gasteiger partial charge < -0.3 is 4.74 Å². The van der Waals surface area contributed by atoms with Gasteiger partial charge in [0.25, 0.3) is 0 Å². The molecule has 1 aliphatic rings. The molecule has 1 unspecified atom stereocenters. The lowest BCUT2D eigenvalue weighted by atomic mass is 9.73. The molecule has 1 aliphatic heterocycles. The predicted molar refractivity (Wildman–Crippen MR) is 94.5 cm³/mol. The highest BCUT2D eigenvalue weighted by Crippen LogP contribution is 2.43. The van der Waals surface area contributed by atoms with Crippen molar-refractivity contribution in [3.63, 3.8) is 0 Å². The van der Waals surface area contributed by atoms with E-state index in [0.717, 1.165) is 5.56 Å². The van der Waals surface area contributed by atoms with Crippen LogP contribution in [0.1, 0.15) is 29.3 Å². The number of benzene rings is 2. The first kappa shape index (κ1) is 16.0. The number of fused-ring (bicyclic) bond motifs is 5. The van der Waals surface area contributed by atoms with Crippen LogP contribution in [0.3, 0.4) is 0 Å². The highest BCUT2D eigenvalue weighted by atomic mass is 16.5. The molecule has 2 heterocycles. The van der Waals surface area contributed by atoms with E-state index in [1.165, 1.54) is 7.11 Å². The summed E-state index contributed by atoms with van der Waals surface area (Å²) in [5.41, 5.74) is 2.04. The Kier molecular flexibility index (Phi) is 3.41. The maximum Gasteiger partial charge on any atom is 0.306 e. The number of esters is 1. The number of para-hydroxylation sites is 2. The Morgan fingerprint density at radius 3 is 2.81 bits per heavy atom. The van der Waals surface area contributed by atoms with Crippen LogP contribution in [0.15, 0.2) is 42.5 Å². The molecule has 0 N–H and O–H groups in total. The van der Waals surface area contributed by atoms with Crippen molar-refractivity contribution in [1.29, 1.82) is 5.26 Å². The number of nitriles is 1. The number of rotatable bonds is 2. The Morgan fingerprint density at radius 2 is 2.08 bits per heavy atom. The summed E-state index contributed by atoms with van der Waals surface area (Å²) in [7, 11) is 1.30. The van der Waals surface area contributed by atoms with E-state index >= 15 is 0 Å². The first-order valence-electron chi connectivity index (χ1n) is 8.13. The summed E-state index contributed by atoms with van der Waals surface area (Å²) in [6.07, 6.45) is -0.115. The van der Waals surface area contributed by atoms with E-state index in [9.17, 15) is 14.9 Å². The molecule has 1 aromatic heterocycles. The van der Waals surface area contributed by atoms with Crippen LogP contribution >= 0.6 is 0 Å². The normalized spacial score (nSPS) is 18.1. The minimum atomic E-state index is -1.15. The molecule has 0 spiro atoms. The smallest absolute Gasteiger partial charge is 0.306 e. The lowest BCUT2D eigenvalue weighted by Gasteiger charge is -2.34. The average molecular weight is 345 g/mol. The molecule has 0 aliphatic carbocycles. The fourth-order valence-corrected chi connectivity index (χ4v) is 3.57. The number of aromatic nitrogens is 2. The van der Waals surface area contributed by atoms with Crippen LogP contribution in [0.4, 0.5) is 0 Å². The maximum atomic E-state index is 13.5. The minimum Gasteiger partial charge on any atom is -0.469 e. The molecule has 0 bridgehead atoms. The fraction of sp³-hybridized carbons (Fsp3) is 0.200. The topological polar surface area (TPSA) is 85.0 Å². The van der Waals surface area contributed by atoms with E-state index in [1.807, 2.05) is 24.3 Å². The quantitative estimate of drug-likeness (QED) is 0.667. The van der Waals surface area contributed by atoms with E-state index in [4.69, 9.17) is 4.74 Å². The molecule has 0 saturated heterocycles. The number of hydrogen-bond acceptors (Lipinski definition) is 5. The van der Waals surface area contributed by atoms with Crippen LogP contribution in [0.5, 0.6) is 0 Å². The van der Waals surface area contributed by atoms with Crippen LogP contribution in [0, 0.1) is 11.3 Å². The Balaban J connectivity index is 2.07. The second-order valence-corrected chi connectivity index (χ2v) is 6.52. The number of nitrogens with zero attached hydrogens (tertiary/aromatic N) is 3. The highest BCUT2D eigenvalue weighted by molar-refractivity contribution is 6.05. The van der Waals surface area contributed by atoms with Crippen molar-refractivity contribution in [2.24, 2.45) is 0 Å². The zero-order chi connectivity index (χ0) is 18.5. The largest absolute Gasteiger partial charge is 0.469 e. The number of carbonyl (C=O) groups excluding carboxylic acids is 2. The first-order valence-corrected chi connectivity index (χ1v) is 8.13. The molecule has 128 valence electrons. The summed E-state index contributed by atoms with van der Waals surface area (Å²) in [5.74, 6) is -0.214. The molecular formula is C20H15N3O3. The van der Waals surface area contributed by atoms with E-state index < -0.39 is 11.4 Å². The maximum absolute atomic E-state index is 13.5. The van der Waals surface area contributed by atoms with Crippen molar-refractivity contribution in [1.82, 2.24) is 9.55 Å². The van der Waals surface area contributed by atoms with Gasteiger partial charge in [0, 0.05) is 5.56 Å². The Labute approximate surface area is 149 Å². The molecule has 6 heteroatoms. The SMILES string of the molecule is COC(=O)CC1(C)C(=O)n2c(nc3ccccc32)-c2ccc(C#N)cc21. The fourth-order valence-electron chi connectivity index (χ4n) is 3.57. The molecule has 26 heavy (non-hydrogen) atoms. The number of imidazole rings is 1. The lowest BCUT2D eigenvalue weighted by Crippen LogP contribution is -2.42. The third kappa shape index (κ3) is 2.07. The van der Waals surface area contributed by atoms with Crippen LogP contribution < -0.4 is 0 Å². The molecule has 2 aromatic carbocycles. The van der Waals surface area contributed by atoms with Crippen LogP contribution in [-0.4, -0.2) is 28.5 Å². The number of carbonyl (C=O) groups is 2. The Bertz CT molecular complexity index is 1120. The first-order chi connectivity index (χ1) is 12.5. The van der Waals surface area contributed by atoms with Crippen molar-refractivity contribution in [2.75, 3.05) is 7.11 Å². The van der Waals surface area contributed by atoms with Gasteiger partial charge in [-0.3, -0.25) is 14.2 Å². The number of methoxy groups -OCH3 is 1. The van der Waals surface area contributed by atoms with E-state index in [0.29, 0.717) is 28.0 Å². The summed E-state index contributed by atoms with van der Waals surface area (Å²) >= 11 is 0. The van der Waals surface area contributed by atoms with Crippen molar-refractivity contribution in [3.8, 4) is 17.5 Å². The van der Waals surface area contributed by atoms with Crippen molar-refractivity contribution in [2.45, 2.75) is 18.8 Å². The summed E-state index contributed by atoms with van der Waals surface area (Å²) < 4.78 is 6.38. The van der Waals surface area contributed by atoms with Gasteiger partial charge >= 0.3 is 5.97 Å². The highest BCUT2D eigenvalue weighted by Gasteiger charge is 2.46. The molecule has 0 fully saturated rings. The number of hydrogen-bond donors (Lipinski definition) is 0. The Morgan fingerprint density at radius 1 is 1.31 bits per heavy atom. The molecule has 3 aromatic rings. The molecular weight excluding hydrogens is 330 g/mol. The second-order valence-electron chi connectivity index (χ2n) is 6.52. The van der Waals surface area contributed by atoms with Gasteiger partial charge in [-0.2, -0.15) is 5.26 Å². The van der Waals surface area contributed by atoms with Gasteiger partial charge in [0.15, 0.2) is 0 Å². The second kappa shape index (κ2) is 5.53. The molecule has 6 nitrogen and oxygen atoms in total. The van der Waals surface area contributed by atoms with Crippen molar-refractivity contribution in [3.05, 3.63) is 53.6 Å². The van der Waals surface area contributed by atoms with Gasteiger partial charge in [0.05, 0.1) is 41.6 Å². The van der Waals surface area contributed by atoms with Gasteiger partial charge in [-0.1, -0.05) is 12.1 Å². The monoisotopic (exact) mass is 345 g/mol. The summed E-state index contributed by atoms with van der Waals surface area (Å²) in [6, 6.07) is 14.6. The average Bonchev–Trinajstić information content (AvgIpc) is 3.05. The summed E-state index contributed by atoms with van der Waals surface area (Å²) in [6.45, 7) is 1.71. The van der Waals surface area contributed by atoms with E-state index in [1.54, 1.807) is 29.7 Å². The van der Waals surface area contributed by atoms with Crippen LogP contribution in [-0.2, 0) is 14.9 Å². The van der Waals surface area contributed by atoms with Crippen LogP contribution in [0.2, 0.25) is 0 Å². The molecule has 1 atom stereocenters. The summed E-state index contributed by atoms with van der Waals surface area (Å²) in [5, 5.41) is 9.27. The van der Waals surface area contributed by atoms with Crippen molar-refractivity contribution < 1.29 is 14.3 Å². The molecule has 4 rings (SSSR count). The molecule has 0 saturated carbocycles. The van der Waals surface area contributed by atoms with Gasteiger partial charge in [-0.05, 0) is 42.8 Å². The van der Waals surface area contributed by atoms with E-state index in [2.05, 4.69) is 11.1 Å². The van der Waals surface area contributed by atoms with Crippen molar-refractivity contribution >= 4 is 22.9 Å². The van der Waals surface area contributed by atoms with Gasteiger partial charge in [-0.25, -0.2) is 4.98 Å². The molecule has 0 amide bonds. The van der Waals surface area contributed by atoms with Gasteiger partial charge in [0.1, 0.15) is 5.82 Å². The molecule has 0 radical (unpaired) electrons. The lowest BCUT2D eigenvalue weighted by molar-refractivity contribution is -0.141. The standard InChI is InChI=1S/C20H15N3O3/c1-20(10-17(24)26-2)14-9-12(11-21)7-8-13(14)18-22-15-5-3-4-6-16(15)23(18)19(20)25/h3-9H,10H2,1-2H3. The van der Waals surface area contributed by atoms with Crippen LogP contribution in [0.25, 0.3) is 22.4 Å². The Hall–Kier alpha value is -3.46. The van der Waals surface area contributed by atoms with Gasteiger partial charge in [-0.15, -0.1) is 0 Å². The third-order valence-electron chi connectivity index (χ3n) is 4.95. The zero-order valence-electron chi connectivity index (χ0n) is 14.3. The zero-order valence-corrected chi connectivity index (χ0v) is 14.3. The minimum absolute atomic E-state index is 0.115. The van der Waals surface area contributed by atoms with Gasteiger partial charge in [0.2, 0.25) is 5.91 Å². The third-order valence-corrected chi connectivity index (χ3v) is 4.95. The number of ether oxygens (including phenoxy) is 1. The summed E-state index contributed by atoms with van der Waals surface area (Å²) in [4.78, 5) is 30.1.